The third kappa shape index (κ3) is 1.65. The molecule has 0 spiro atoms. The summed E-state index contributed by atoms with van der Waals surface area (Å²) >= 11 is 0. The second kappa shape index (κ2) is 3.49. The van der Waals surface area contributed by atoms with Crippen molar-refractivity contribution in [1.82, 2.24) is 0 Å². The molecule has 5 heteroatoms. The van der Waals surface area contributed by atoms with Gasteiger partial charge in [-0.05, 0) is 12.1 Å². The number of fused-ring (bicyclic) bond motifs is 1. The summed E-state index contributed by atoms with van der Waals surface area (Å²) in [7, 11) is 0. The lowest BCUT2D eigenvalue weighted by Gasteiger charge is -2.08. The fourth-order valence-corrected chi connectivity index (χ4v) is 1.43. The van der Waals surface area contributed by atoms with Gasteiger partial charge in [0.2, 0.25) is 5.91 Å². The third-order valence-electron chi connectivity index (χ3n) is 2.39. The molecule has 0 aromatic heterocycles. The van der Waals surface area contributed by atoms with Crippen molar-refractivity contribution >= 4 is 17.3 Å². The Kier molecular flexibility index (Phi) is 2.30. The van der Waals surface area contributed by atoms with Crippen LogP contribution < -0.4 is 10.6 Å². The molecule has 0 fully saturated rings. The Morgan fingerprint density at radius 2 is 2.13 bits per heavy atom. The summed E-state index contributed by atoms with van der Waals surface area (Å²) in [5.41, 5.74) is 0.302. The first-order valence-corrected chi connectivity index (χ1v) is 4.62. The van der Waals surface area contributed by atoms with Crippen molar-refractivity contribution in [2.75, 3.05) is 17.2 Å². The molecule has 0 saturated carbocycles. The molecule has 0 saturated heterocycles. The van der Waals surface area contributed by atoms with Gasteiger partial charge in [-0.1, -0.05) is 6.92 Å². The maximum atomic E-state index is 13.3. The van der Waals surface area contributed by atoms with Gasteiger partial charge in [0, 0.05) is 6.54 Å². The van der Waals surface area contributed by atoms with Crippen molar-refractivity contribution < 1.29 is 13.6 Å². The number of nitrogens with one attached hydrogen (secondary N) is 2. The number of benzene rings is 1. The lowest BCUT2D eigenvalue weighted by molar-refractivity contribution is -0.118. The third-order valence-corrected chi connectivity index (χ3v) is 2.39. The first-order valence-electron chi connectivity index (χ1n) is 4.62. The SMILES string of the molecule is CC1CNc2c(ccc(F)c2F)NC1=O. The molecule has 1 aliphatic heterocycles. The van der Waals surface area contributed by atoms with E-state index in [1.807, 2.05) is 0 Å². The standard InChI is InChI=1S/C10H10F2N2O/c1-5-4-13-9-7(14-10(5)15)3-2-6(11)8(9)12/h2-3,5,13H,4H2,1H3,(H,14,15). The van der Waals surface area contributed by atoms with Crippen LogP contribution in [0.5, 0.6) is 0 Å². The highest BCUT2D eigenvalue weighted by molar-refractivity contribution is 5.97. The van der Waals surface area contributed by atoms with Crippen LogP contribution in [0.1, 0.15) is 6.92 Å². The van der Waals surface area contributed by atoms with Gasteiger partial charge in [-0.3, -0.25) is 4.79 Å². The summed E-state index contributed by atoms with van der Waals surface area (Å²) in [5, 5.41) is 5.25. The van der Waals surface area contributed by atoms with Crippen molar-refractivity contribution in [2.24, 2.45) is 5.92 Å². The van der Waals surface area contributed by atoms with Crippen molar-refractivity contribution in [3.05, 3.63) is 23.8 Å². The van der Waals surface area contributed by atoms with Crippen molar-refractivity contribution in [3.8, 4) is 0 Å². The molecule has 3 nitrogen and oxygen atoms in total. The maximum Gasteiger partial charge on any atom is 0.229 e. The molecule has 2 N–H and O–H groups in total. The van der Waals surface area contributed by atoms with E-state index in [1.165, 1.54) is 6.07 Å². The summed E-state index contributed by atoms with van der Waals surface area (Å²) in [6.45, 7) is 2.00. The van der Waals surface area contributed by atoms with Crippen LogP contribution in [0.3, 0.4) is 0 Å². The Balaban J connectivity index is 2.47. The molecule has 0 bridgehead atoms. The lowest BCUT2D eigenvalue weighted by Crippen LogP contribution is -2.22. The molecule has 15 heavy (non-hydrogen) atoms. The van der Waals surface area contributed by atoms with Gasteiger partial charge in [0.05, 0.1) is 17.3 Å². The van der Waals surface area contributed by atoms with E-state index in [0.29, 0.717) is 6.54 Å². The quantitative estimate of drug-likeness (QED) is 0.690. The van der Waals surface area contributed by atoms with Crippen LogP contribution in [-0.2, 0) is 4.79 Å². The first-order chi connectivity index (χ1) is 7.09. The minimum absolute atomic E-state index is 0.0210. The van der Waals surface area contributed by atoms with Gasteiger partial charge < -0.3 is 10.6 Å². The number of amides is 1. The fourth-order valence-electron chi connectivity index (χ4n) is 1.43. The van der Waals surface area contributed by atoms with Crippen molar-refractivity contribution in [1.29, 1.82) is 0 Å². The summed E-state index contributed by atoms with van der Waals surface area (Å²) in [4.78, 5) is 11.4. The molecule has 0 radical (unpaired) electrons. The normalized spacial score (nSPS) is 19.9. The molecule has 2 rings (SSSR count). The van der Waals surface area contributed by atoms with Gasteiger partial charge in [-0.2, -0.15) is 0 Å². The number of carbonyl (C=O) groups is 1. The average molecular weight is 212 g/mol. The Bertz CT molecular complexity index is 420. The van der Waals surface area contributed by atoms with Crippen LogP contribution in [0.4, 0.5) is 20.2 Å². The van der Waals surface area contributed by atoms with Crippen LogP contribution in [0.25, 0.3) is 0 Å². The Hall–Kier alpha value is -1.65. The van der Waals surface area contributed by atoms with E-state index in [4.69, 9.17) is 0 Å². The van der Waals surface area contributed by atoms with E-state index < -0.39 is 11.6 Å². The van der Waals surface area contributed by atoms with Crippen LogP contribution in [0.2, 0.25) is 0 Å². The Morgan fingerprint density at radius 3 is 2.87 bits per heavy atom. The number of halogens is 2. The zero-order valence-corrected chi connectivity index (χ0v) is 8.10. The van der Waals surface area contributed by atoms with Crippen molar-refractivity contribution in [2.45, 2.75) is 6.92 Å². The zero-order chi connectivity index (χ0) is 11.0. The summed E-state index contributed by atoms with van der Waals surface area (Å²) in [5.74, 6) is -2.36. The molecular formula is C10H10F2N2O. The number of hydrogen-bond acceptors (Lipinski definition) is 2. The summed E-state index contributed by atoms with van der Waals surface area (Å²) in [6, 6.07) is 2.34. The van der Waals surface area contributed by atoms with Gasteiger partial charge >= 0.3 is 0 Å². The van der Waals surface area contributed by atoms with Gasteiger partial charge in [0.25, 0.3) is 0 Å². The smallest absolute Gasteiger partial charge is 0.229 e. The molecule has 1 aliphatic rings. The van der Waals surface area contributed by atoms with E-state index in [-0.39, 0.29) is 23.2 Å². The van der Waals surface area contributed by atoms with Gasteiger partial charge in [-0.25, -0.2) is 8.78 Å². The highest BCUT2D eigenvalue weighted by Crippen LogP contribution is 2.29. The number of anilines is 2. The molecule has 1 aromatic carbocycles. The van der Waals surface area contributed by atoms with Gasteiger partial charge in [-0.15, -0.1) is 0 Å². The van der Waals surface area contributed by atoms with E-state index in [1.54, 1.807) is 6.92 Å². The first kappa shape index (κ1) is 9.89. The molecule has 1 unspecified atom stereocenters. The summed E-state index contributed by atoms with van der Waals surface area (Å²) in [6.07, 6.45) is 0. The number of hydrogen-bond donors (Lipinski definition) is 2. The monoisotopic (exact) mass is 212 g/mol. The second-order valence-electron chi connectivity index (χ2n) is 3.56. The van der Waals surface area contributed by atoms with E-state index in [0.717, 1.165) is 6.07 Å². The molecule has 1 amide bonds. The average Bonchev–Trinajstić information content (AvgIpc) is 2.35. The second-order valence-corrected chi connectivity index (χ2v) is 3.56. The summed E-state index contributed by atoms with van der Waals surface area (Å²) < 4.78 is 26.2. The van der Waals surface area contributed by atoms with E-state index in [2.05, 4.69) is 10.6 Å². The largest absolute Gasteiger partial charge is 0.380 e. The molecular weight excluding hydrogens is 202 g/mol. The molecule has 0 aliphatic carbocycles. The van der Waals surface area contributed by atoms with E-state index in [9.17, 15) is 13.6 Å². The fraction of sp³-hybridized carbons (Fsp3) is 0.300. The topological polar surface area (TPSA) is 41.1 Å². The van der Waals surface area contributed by atoms with Crippen LogP contribution in [0, 0.1) is 17.6 Å². The van der Waals surface area contributed by atoms with Gasteiger partial charge in [0.15, 0.2) is 11.6 Å². The van der Waals surface area contributed by atoms with Crippen LogP contribution in [0.15, 0.2) is 12.1 Å². The minimum Gasteiger partial charge on any atom is -0.380 e. The van der Waals surface area contributed by atoms with Crippen LogP contribution >= 0.6 is 0 Å². The van der Waals surface area contributed by atoms with Crippen molar-refractivity contribution in [3.63, 3.8) is 0 Å². The highest BCUT2D eigenvalue weighted by Gasteiger charge is 2.22. The molecule has 1 aromatic rings. The minimum atomic E-state index is -0.957. The Labute approximate surface area is 85.5 Å². The zero-order valence-electron chi connectivity index (χ0n) is 8.10. The maximum absolute atomic E-state index is 13.3. The number of carbonyl (C=O) groups excluding carboxylic acids is 1. The number of rotatable bonds is 0. The Morgan fingerprint density at radius 1 is 1.40 bits per heavy atom. The highest BCUT2D eigenvalue weighted by atomic mass is 19.2. The predicted molar refractivity (Wildman–Crippen MR) is 52.6 cm³/mol. The molecule has 80 valence electrons. The van der Waals surface area contributed by atoms with Gasteiger partial charge in [0.1, 0.15) is 0 Å². The molecule has 1 atom stereocenters. The van der Waals surface area contributed by atoms with Crippen LogP contribution in [-0.4, -0.2) is 12.5 Å². The molecule has 1 heterocycles. The predicted octanol–water partition coefficient (Wildman–Crippen LogP) is 1.96. The van der Waals surface area contributed by atoms with E-state index >= 15 is 0 Å². The lowest BCUT2D eigenvalue weighted by atomic mass is 10.2.